The number of aliphatic hydroxyl groups excluding tert-OH is 1. The van der Waals surface area contributed by atoms with Gasteiger partial charge < -0.3 is 5.11 Å². The van der Waals surface area contributed by atoms with E-state index in [1.807, 2.05) is 17.5 Å². The molecule has 12 heteroatoms. The van der Waals surface area contributed by atoms with Crippen molar-refractivity contribution in [2.75, 3.05) is 13.1 Å². The molecule has 2 aromatic heterocycles. The number of rotatable bonds is 5. The normalized spacial score (nSPS) is 20.5. The minimum atomic E-state index is -4.58. The first-order valence-corrected chi connectivity index (χ1v) is 14.7. The maximum Gasteiger partial charge on any atom is 0.416 e. The van der Waals surface area contributed by atoms with Crippen LogP contribution >= 0.6 is 11.3 Å². The lowest BCUT2D eigenvalue weighted by molar-refractivity contribution is -0.137. The third-order valence-corrected chi connectivity index (χ3v) is 10.4. The fourth-order valence-electron chi connectivity index (χ4n) is 5.60. The Kier molecular flexibility index (Phi) is 6.49. The van der Waals surface area contributed by atoms with Gasteiger partial charge in [0.15, 0.2) is 0 Å². The zero-order chi connectivity index (χ0) is 28.3. The summed E-state index contributed by atoms with van der Waals surface area (Å²) in [6.07, 6.45) is -1.44. The maximum atomic E-state index is 13.6. The minimum Gasteiger partial charge on any atom is -0.387 e. The van der Waals surface area contributed by atoms with Crippen LogP contribution in [0.25, 0.3) is 11.8 Å². The number of aromatic nitrogens is 2. The molecule has 1 aliphatic carbocycles. The topological polar surface area (TPSA) is 75.4 Å². The summed E-state index contributed by atoms with van der Waals surface area (Å²) in [6.45, 7) is 0.0243. The Hall–Kier alpha value is -3.32. The zero-order valence-corrected chi connectivity index (χ0v) is 22.5. The van der Waals surface area contributed by atoms with Crippen molar-refractivity contribution in [3.63, 3.8) is 0 Å². The van der Waals surface area contributed by atoms with Gasteiger partial charge in [0, 0.05) is 23.4 Å². The van der Waals surface area contributed by atoms with Crippen LogP contribution < -0.4 is 0 Å². The molecule has 4 aromatic rings. The molecule has 2 atom stereocenters. The number of aliphatic hydroxyl groups is 1. The van der Waals surface area contributed by atoms with Gasteiger partial charge in [-0.05, 0) is 84.5 Å². The molecule has 0 bridgehead atoms. The number of fused-ring (bicyclic) bond motifs is 2. The van der Waals surface area contributed by atoms with Crippen LogP contribution in [-0.2, 0) is 22.6 Å². The lowest BCUT2D eigenvalue weighted by atomic mass is 9.65. The van der Waals surface area contributed by atoms with Crippen LogP contribution in [0.5, 0.6) is 0 Å². The van der Waals surface area contributed by atoms with Gasteiger partial charge in [-0.3, -0.25) is 0 Å². The van der Waals surface area contributed by atoms with E-state index in [0.29, 0.717) is 17.0 Å². The summed E-state index contributed by atoms with van der Waals surface area (Å²) in [4.78, 5) is 0.434. The van der Waals surface area contributed by atoms with Gasteiger partial charge in [-0.1, -0.05) is 11.6 Å². The highest BCUT2D eigenvalue weighted by Crippen LogP contribution is 2.52. The Morgan fingerprint density at radius 2 is 1.77 bits per heavy atom. The first-order valence-electron chi connectivity index (χ1n) is 12.4. The maximum absolute atomic E-state index is 13.6. The summed E-state index contributed by atoms with van der Waals surface area (Å²) in [5.41, 5.74) is 1.12. The molecular weight excluding hydrogens is 566 g/mol. The Balaban J connectivity index is 1.40. The summed E-state index contributed by atoms with van der Waals surface area (Å²) >= 11 is 1.36. The van der Waals surface area contributed by atoms with E-state index >= 15 is 0 Å². The highest BCUT2D eigenvalue weighted by molar-refractivity contribution is 7.89. The molecule has 0 radical (unpaired) electrons. The average molecular weight is 590 g/mol. The number of alkyl halides is 3. The molecule has 3 heterocycles. The summed E-state index contributed by atoms with van der Waals surface area (Å²) < 4.78 is 82.9. The van der Waals surface area contributed by atoms with Gasteiger partial charge in [-0.25, -0.2) is 17.5 Å². The van der Waals surface area contributed by atoms with E-state index < -0.39 is 33.3 Å². The first-order chi connectivity index (χ1) is 19.0. The largest absolute Gasteiger partial charge is 0.416 e. The van der Waals surface area contributed by atoms with Gasteiger partial charge in [0.05, 0.1) is 34.1 Å². The highest BCUT2D eigenvalue weighted by Gasteiger charge is 2.51. The monoisotopic (exact) mass is 589 g/mol. The summed E-state index contributed by atoms with van der Waals surface area (Å²) in [6, 6.07) is 13.0. The molecule has 0 amide bonds. The van der Waals surface area contributed by atoms with Crippen LogP contribution in [-0.4, -0.2) is 40.7 Å². The standard InChI is InChI=1S/C28H23F4N3O3S2/c29-21-5-7-22(8-6-21)35-24-14-20-11-12-34(40(37,38)23-9-3-19(4-10-23)28(30,31)32)17-27(20,15-18(24)16-33-35)26(36)25-2-1-13-39-25/h1-10,13-14,16,26,36H,11-12,15,17H2. The fourth-order valence-corrected chi connectivity index (χ4v) is 7.93. The van der Waals surface area contributed by atoms with Crippen molar-refractivity contribution in [2.45, 2.75) is 30.0 Å². The van der Waals surface area contributed by atoms with E-state index in [9.17, 15) is 31.1 Å². The van der Waals surface area contributed by atoms with E-state index in [1.54, 1.807) is 29.1 Å². The van der Waals surface area contributed by atoms with Crippen molar-refractivity contribution in [3.05, 3.63) is 105 Å². The van der Waals surface area contributed by atoms with Crippen LogP contribution in [0.3, 0.4) is 0 Å². The zero-order valence-electron chi connectivity index (χ0n) is 20.8. The molecule has 1 aliphatic heterocycles. The number of thiophene rings is 1. The number of piperidine rings is 1. The predicted octanol–water partition coefficient (Wildman–Crippen LogP) is 5.85. The van der Waals surface area contributed by atoms with E-state index in [2.05, 4.69) is 5.10 Å². The first kappa shape index (κ1) is 26.9. The van der Waals surface area contributed by atoms with Crippen molar-refractivity contribution in [3.8, 4) is 5.69 Å². The molecule has 6 rings (SSSR count). The molecule has 40 heavy (non-hydrogen) atoms. The number of halogens is 4. The fraction of sp³-hybridized carbons (Fsp3) is 0.250. The molecule has 1 saturated heterocycles. The summed E-state index contributed by atoms with van der Waals surface area (Å²) in [5, 5.41) is 18.1. The number of hydrogen-bond acceptors (Lipinski definition) is 5. The van der Waals surface area contributed by atoms with Crippen LogP contribution in [0.15, 0.2) is 82.7 Å². The van der Waals surface area contributed by atoms with Gasteiger partial charge in [0.25, 0.3) is 0 Å². The van der Waals surface area contributed by atoms with Crippen LogP contribution in [0.2, 0.25) is 0 Å². The van der Waals surface area contributed by atoms with E-state index in [0.717, 1.165) is 41.1 Å². The molecule has 2 aromatic carbocycles. The van der Waals surface area contributed by atoms with Crippen molar-refractivity contribution in [2.24, 2.45) is 5.41 Å². The molecule has 6 nitrogen and oxygen atoms in total. The van der Waals surface area contributed by atoms with Crippen LogP contribution in [0.1, 0.15) is 34.2 Å². The summed E-state index contributed by atoms with van der Waals surface area (Å²) in [7, 11) is -4.16. The van der Waals surface area contributed by atoms with E-state index in [1.165, 1.54) is 27.8 Å². The Bertz CT molecular complexity index is 1680. The van der Waals surface area contributed by atoms with Crippen LogP contribution in [0.4, 0.5) is 17.6 Å². The predicted molar refractivity (Wildman–Crippen MR) is 142 cm³/mol. The molecule has 1 N–H and O–H groups in total. The van der Waals surface area contributed by atoms with Gasteiger partial charge >= 0.3 is 6.18 Å². The van der Waals surface area contributed by atoms with E-state index in [4.69, 9.17) is 0 Å². The van der Waals surface area contributed by atoms with Crippen molar-refractivity contribution in [1.82, 2.24) is 14.1 Å². The second-order valence-electron chi connectivity index (χ2n) is 9.97. The third-order valence-electron chi connectivity index (χ3n) is 7.66. The molecule has 0 spiro atoms. The molecule has 2 aliphatic rings. The van der Waals surface area contributed by atoms with Gasteiger partial charge in [0.1, 0.15) is 5.82 Å². The Morgan fingerprint density at radius 1 is 1.05 bits per heavy atom. The second kappa shape index (κ2) is 9.65. The van der Waals surface area contributed by atoms with Crippen molar-refractivity contribution >= 4 is 27.4 Å². The SMILES string of the molecule is O=S(=O)(c1ccc(C(F)(F)F)cc1)N1CCC2=Cc3c(cnn3-c3ccc(F)cc3)CC2(C(O)c2cccs2)C1. The number of nitrogens with zero attached hydrogens (tertiary/aromatic N) is 3. The number of sulfonamides is 1. The lowest BCUT2D eigenvalue weighted by Crippen LogP contribution is -2.51. The Labute approximate surface area is 231 Å². The quantitative estimate of drug-likeness (QED) is 0.297. The third kappa shape index (κ3) is 4.48. The molecule has 0 saturated carbocycles. The molecular formula is C28H23F4N3O3S2. The number of hydrogen-bond donors (Lipinski definition) is 1. The Morgan fingerprint density at radius 3 is 2.42 bits per heavy atom. The highest BCUT2D eigenvalue weighted by atomic mass is 32.2. The molecule has 208 valence electrons. The van der Waals surface area contributed by atoms with Gasteiger partial charge in [-0.2, -0.15) is 22.6 Å². The smallest absolute Gasteiger partial charge is 0.387 e. The second-order valence-corrected chi connectivity index (χ2v) is 12.9. The lowest BCUT2D eigenvalue weighted by Gasteiger charge is -2.48. The number of benzene rings is 2. The van der Waals surface area contributed by atoms with Crippen molar-refractivity contribution in [1.29, 1.82) is 0 Å². The average Bonchev–Trinajstić information content (AvgIpc) is 3.61. The van der Waals surface area contributed by atoms with Gasteiger partial charge in [-0.15, -0.1) is 11.3 Å². The van der Waals surface area contributed by atoms with Crippen LogP contribution in [0, 0.1) is 11.2 Å². The van der Waals surface area contributed by atoms with E-state index in [-0.39, 0.29) is 30.2 Å². The van der Waals surface area contributed by atoms with Gasteiger partial charge in [0.2, 0.25) is 10.0 Å². The molecule has 2 unspecified atom stereocenters. The summed E-state index contributed by atoms with van der Waals surface area (Å²) in [5.74, 6) is -0.372. The van der Waals surface area contributed by atoms with Crippen molar-refractivity contribution < 1.29 is 31.1 Å². The minimum absolute atomic E-state index is 0.0670. The molecule has 1 fully saturated rings.